The molecule has 2 aromatic carbocycles. The van der Waals surface area contributed by atoms with Gasteiger partial charge in [-0.25, -0.2) is 8.42 Å². The first-order chi connectivity index (χ1) is 12.2. The first kappa shape index (κ1) is 17.7. The van der Waals surface area contributed by atoms with Gasteiger partial charge in [-0.15, -0.1) is 0 Å². The first-order valence-electron chi connectivity index (χ1n) is 7.11. The predicted octanol–water partition coefficient (Wildman–Crippen LogP) is 2.33. The van der Waals surface area contributed by atoms with Crippen LogP contribution in [0.25, 0.3) is 5.69 Å². The molecule has 1 N–H and O–H groups in total. The van der Waals surface area contributed by atoms with Crippen molar-refractivity contribution in [3.8, 4) is 5.69 Å². The molecule has 0 radical (unpaired) electrons. The molecule has 1 aromatic heterocycles. The Kier molecular flexibility index (Phi) is 4.32. The molecule has 3 rings (SSSR count). The number of hydrogen-bond acceptors (Lipinski definition) is 4. The standard InChI is InChI=1S/C15H11F3N4O3S/c16-15(17,18)11-5-7-12(8-6-11)26(24,25)20-13-3-1-2-4-14(13)22-19-9-10-21(22)23/h1-10,20H. The molecule has 0 aliphatic carbocycles. The number of halogens is 3. The van der Waals surface area contributed by atoms with E-state index in [-0.39, 0.29) is 16.3 Å². The minimum absolute atomic E-state index is 0.0423. The van der Waals surface area contributed by atoms with Gasteiger partial charge in [-0.1, -0.05) is 12.1 Å². The fraction of sp³-hybridized carbons (Fsp3) is 0.0667. The van der Waals surface area contributed by atoms with Gasteiger partial charge >= 0.3 is 6.18 Å². The van der Waals surface area contributed by atoms with Crippen LogP contribution in [0.3, 0.4) is 0 Å². The summed E-state index contributed by atoms with van der Waals surface area (Å²) in [6.07, 6.45) is -2.21. The zero-order chi connectivity index (χ0) is 18.9. The van der Waals surface area contributed by atoms with Crippen molar-refractivity contribution in [2.45, 2.75) is 11.1 Å². The van der Waals surface area contributed by atoms with Crippen molar-refractivity contribution in [1.29, 1.82) is 0 Å². The average Bonchev–Trinajstić information content (AvgIpc) is 3.00. The number of anilines is 1. The van der Waals surface area contributed by atoms with Gasteiger partial charge in [0.2, 0.25) is 6.20 Å². The number of sulfonamides is 1. The number of rotatable bonds is 4. The SMILES string of the molecule is O=S(=O)(Nc1ccccc1-n1ncc[n+]1[O-])c1ccc(C(F)(F)F)cc1. The number of alkyl halides is 3. The van der Waals surface area contributed by atoms with Crippen molar-refractivity contribution < 1.29 is 26.4 Å². The van der Waals surface area contributed by atoms with Crippen molar-refractivity contribution >= 4 is 15.7 Å². The van der Waals surface area contributed by atoms with Gasteiger partial charge in [0.25, 0.3) is 10.0 Å². The summed E-state index contributed by atoms with van der Waals surface area (Å²) in [5.41, 5.74) is -0.760. The molecule has 0 saturated heterocycles. The molecule has 26 heavy (non-hydrogen) atoms. The number of aromatic nitrogens is 3. The molecule has 0 bridgehead atoms. The lowest BCUT2D eigenvalue weighted by Gasteiger charge is -2.12. The highest BCUT2D eigenvalue weighted by Crippen LogP contribution is 2.30. The van der Waals surface area contributed by atoms with Crippen molar-refractivity contribution in [2.75, 3.05) is 4.72 Å². The second-order valence-corrected chi connectivity index (χ2v) is 6.83. The molecule has 0 spiro atoms. The fourth-order valence-electron chi connectivity index (χ4n) is 2.19. The van der Waals surface area contributed by atoms with E-state index >= 15 is 0 Å². The van der Waals surface area contributed by atoms with E-state index < -0.39 is 21.8 Å². The Hall–Kier alpha value is -3.08. The molecule has 0 fully saturated rings. The summed E-state index contributed by atoms with van der Waals surface area (Å²) in [6, 6.07) is 9.05. The third-order valence-corrected chi connectivity index (χ3v) is 4.79. The van der Waals surface area contributed by atoms with E-state index in [2.05, 4.69) is 9.82 Å². The van der Waals surface area contributed by atoms with Crippen LogP contribution in [0, 0.1) is 5.21 Å². The fourth-order valence-corrected chi connectivity index (χ4v) is 3.27. The van der Waals surface area contributed by atoms with Crippen molar-refractivity contribution in [1.82, 2.24) is 9.90 Å². The van der Waals surface area contributed by atoms with Gasteiger partial charge in [-0.3, -0.25) is 4.72 Å². The number of benzene rings is 2. The Morgan fingerprint density at radius 2 is 1.73 bits per heavy atom. The highest BCUT2D eigenvalue weighted by molar-refractivity contribution is 7.92. The lowest BCUT2D eigenvalue weighted by molar-refractivity contribution is -0.688. The normalized spacial score (nSPS) is 12.1. The van der Waals surface area contributed by atoms with E-state index in [1.165, 1.54) is 24.4 Å². The van der Waals surface area contributed by atoms with E-state index in [0.717, 1.165) is 23.1 Å². The molecule has 0 aliphatic rings. The monoisotopic (exact) mass is 384 g/mol. The summed E-state index contributed by atoms with van der Waals surface area (Å²) in [5, 5.41) is 15.5. The van der Waals surface area contributed by atoms with Crippen LogP contribution in [0.1, 0.15) is 5.56 Å². The number of para-hydroxylation sites is 2. The topological polar surface area (TPSA) is 90.9 Å². The Morgan fingerprint density at radius 3 is 2.31 bits per heavy atom. The molecule has 11 heteroatoms. The zero-order valence-electron chi connectivity index (χ0n) is 12.9. The van der Waals surface area contributed by atoms with Gasteiger partial charge in [0.15, 0.2) is 11.9 Å². The molecular weight excluding hydrogens is 373 g/mol. The van der Waals surface area contributed by atoms with Crippen LogP contribution < -0.4 is 9.57 Å². The Morgan fingerprint density at radius 1 is 1.08 bits per heavy atom. The van der Waals surface area contributed by atoms with E-state index in [0.29, 0.717) is 17.0 Å². The summed E-state index contributed by atoms with van der Waals surface area (Å²) in [6.45, 7) is 0. The third kappa shape index (κ3) is 3.47. The molecule has 0 atom stereocenters. The molecule has 7 nitrogen and oxygen atoms in total. The average molecular weight is 384 g/mol. The van der Waals surface area contributed by atoms with Crippen LogP contribution >= 0.6 is 0 Å². The van der Waals surface area contributed by atoms with E-state index in [4.69, 9.17) is 0 Å². The van der Waals surface area contributed by atoms with Crippen LogP contribution in [-0.2, 0) is 16.2 Å². The smallest absolute Gasteiger partial charge is 0.416 e. The minimum Gasteiger partial charge on any atom is -0.692 e. The van der Waals surface area contributed by atoms with Crippen LogP contribution in [0.15, 0.2) is 65.8 Å². The Bertz CT molecular complexity index is 1030. The lowest BCUT2D eigenvalue weighted by atomic mass is 10.2. The number of hydrogen-bond donors (Lipinski definition) is 1. The van der Waals surface area contributed by atoms with Gasteiger partial charge in [0.1, 0.15) is 0 Å². The second-order valence-electron chi connectivity index (χ2n) is 5.15. The molecule has 0 aliphatic heterocycles. The number of nitrogens with one attached hydrogen (secondary N) is 1. The van der Waals surface area contributed by atoms with Gasteiger partial charge in [-0.2, -0.15) is 18.0 Å². The maximum Gasteiger partial charge on any atom is 0.416 e. The van der Waals surface area contributed by atoms with Gasteiger partial charge in [0.05, 0.1) is 16.1 Å². The lowest BCUT2D eigenvalue weighted by Crippen LogP contribution is -2.36. The zero-order valence-corrected chi connectivity index (χ0v) is 13.7. The minimum atomic E-state index is -4.57. The number of nitrogens with zero attached hydrogens (tertiary/aromatic N) is 3. The highest BCUT2D eigenvalue weighted by atomic mass is 32.2. The highest BCUT2D eigenvalue weighted by Gasteiger charge is 2.30. The third-order valence-electron chi connectivity index (χ3n) is 3.41. The van der Waals surface area contributed by atoms with Gasteiger partial charge in [-0.05, 0) is 41.2 Å². The van der Waals surface area contributed by atoms with Crippen LogP contribution in [0.4, 0.5) is 18.9 Å². The second kappa shape index (κ2) is 6.33. The molecule has 0 saturated carbocycles. The maximum atomic E-state index is 12.6. The molecule has 1 heterocycles. The molecule has 3 aromatic rings. The summed E-state index contributed by atoms with van der Waals surface area (Å²) in [4.78, 5) is 0.964. The maximum absolute atomic E-state index is 12.6. The van der Waals surface area contributed by atoms with Crippen molar-refractivity contribution in [3.05, 3.63) is 71.7 Å². The summed E-state index contributed by atoms with van der Waals surface area (Å²) in [7, 11) is -4.17. The van der Waals surface area contributed by atoms with Crippen LogP contribution in [0.2, 0.25) is 0 Å². The Labute approximate surface area is 145 Å². The quantitative estimate of drug-likeness (QED) is 0.552. The molecular formula is C15H11F3N4O3S. The molecule has 0 amide bonds. The van der Waals surface area contributed by atoms with Crippen molar-refractivity contribution in [2.24, 2.45) is 0 Å². The Balaban J connectivity index is 1.95. The first-order valence-corrected chi connectivity index (χ1v) is 8.60. The summed E-state index contributed by atoms with van der Waals surface area (Å²) in [5.74, 6) is 0. The van der Waals surface area contributed by atoms with Gasteiger partial charge in [0, 0.05) is 5.10 Å². The largest absolute Gasteiger partial charge is 0.692 e. The van der Waals surface area contributed by atoms with E-state index in [1.807, 2.05) is 0 Å². The summed E-state index contributed by atoms with van der Waals surface area (Å²) < 4.78 is 65.0. The summed E-state index contributed by atoms with van der Waals surface area (Å²) >= 11 is 0. The van der Waals surface area contributed by atoms with E-state index in [9.17, 15) is 26.8 Å². The van der Waals surface area contributed by atoms with Crippen LogP contribution in [-0.4, -0.2) is 18.3 Å². The van der Waals surface area contributed by atoms with Gasteiger partial charge < -0.3 is 5.21 Å². The van der Waals surface area contributed by atoms with Crippen LogP contribution in [0.5, 0.6) is 0 Å². The molecule has 136 valence electrons. The van der Waals surface area contributed by atoms with Crippen molar-refractivity contribution in [3.63, 3.8) is 0 Å². The predicted molar refractivity (Wildman–Crippen MR) is 84.8 cm³/mol. The molecule has 0 unspecified atom stereocenters. The van der Waals surface area contributed by atoms with E-state index in [1.54, 1.807) is 6.07 Å².